The predicted octanol–water partition coefficient (Wildman–Crippen LogP) is 2.50. The van der Waals surface area contributed by atoms with Crippen LogP contribution in [-0.2, 0) is 9.59 Å². The van der Waals surface area contributed by atoms with Crippen LogP contribution in [0.3, 0.4) is 0 Å². The first-order chi connectivity index (χ1) is 9.45. The van der Waals surface area contributed by atoms with Crippen LogP contribution in [0, 0.1) is 5.82 Å². The fourth-order valence-corrected chi connectivity index (χ4v) is 2.48. The molecule has 108 valence electrons. The van der Waals surface area contributed by atoms with Gasteiger partial charge in [0.1, 0.15) is 17.9 Å². The van der Waals surface area contributed by atoms with Crippen molar-refractivity contribution >= 4 is 29.1 Å². The molecule has 4 nitrogen and oxygen atoms in total. The van der Waals surface area contributed by atoms with Crippen LogP contribution < -0.4 is 10.2 Å². The Bertz CT molecular complexity index is 550. The molecule has 1 N–H and O–H groups in total. The minimum Gasteiger partial charge on any atom is -0.342 e. The van der Waals surface area contributed by atoms with Crippen LogP contribution >= 0.6 is 11.6 Å². The highest BCUT2D eigenvalue weighted by Gasteiger charge is 2.39. The molecule has 2 rings (SSSR count). The topological polar surface area (TPSA) is 49.4 Å². The molecule has 0 aliphatic carbocycles. The van der Waals surface area contributed by atoms with Crippen LogP contribution in [-0.4, -0.2) is 23.9 Å². The van der Waals surface area contributed by atoms with Gasteiger partial charge in [-0.1, -0.05) is 24.9 Å². The van der Waals surface area contributed by atoms with E-state index in [1.807, 2.05) is 6.92 Å². The number of anilines is 1. The summed E-state index contributed by atoms with van der Waals surface area (Å²) in [7, 11) is 0. The van der Waals surface area contributed by atoms with Crippen molar-refractivity contribution in [2.45, 2.75) is 38.8 Å². The quantitative estimate of drug-likeness (QED) is 0.932. The van der Waals surface area contributed by atoms with Crippen LogP contribution in [0.5, 0.6) is 0 Å². The van der Waals surface area contributed by atoms with Crippen LogP contribution in [0.15, 0.2) is 18.2 Å². The Hall–Kier alpha value is -1.62. The number of amides is 2. The third-order valence-corrected chi connectivity index (χ3v) is 3.60. The van der Waals surface area contributed by atoms with Crippen LogP contribution in [0.4, 0.5) is 10.1 Å². The number of rotatable bonds is 3. The van der Waals surface area contributed by atoms with Gasteiger partial charge in [-0.25, -0.2) is 4.39 Å². The molecule has 0 radical (unpaired) electrons. The molecule has 2 unspecified atom stereocenters. The first kappa shape index (κ1) is 14.8. The molecule has 1 fully saturated rings. The molecule has 1 saturated heterocycles. The van der Waals surface area contributed by atoms with E-state index >= 15 is 0 Å². The van der Waals surface area contributed by atoms with Crippen molar-refractivity contribution in [1.82, 2.24) is 5.32 Å². The zero-order valence-electron chi connectivity index (χ0n) is 11.3. The fraction of sp³-hybridized carbons (Fsp3) is 0.429. The lowest BCUT2D eigenvalue weighted by atomic mass is 10.0. The average molecular weight is 299 g/mol. The van der Waals surface area contributed by atoms with Crippen molar-refractivity contribution in [1.29, 1.82) is 0 Å². The SMILES string of the molecule is CCCC1NC(=O)C(C)N(c2cc(Cl)ccc2F)C1=O. The summed E-state index contributed by atoms with van der Waals surface area (Å²) in [5, 5.41) is 2.98. The molecule has 6 heteroatoms. The fourth-order valence-electron chi connectivity index (χ4n) is 2.31. The van der Waals surface area contributed by atoms with Gasteiger partial charge >= 0.3 is 0 Å². The Morgan fingerprint density at radius 2 is 2.10 bits per heavy atom. The summed E-state index contributed by atoms with van der Waals surface area (Å²) >= 11 is 5.86. The first-order valence-corrected chi connectivity index (χ1v) is 6.92. The lowest BCUT2D eigenvalue weighted by Gasteiger charge is -2.37. The Morgan fingerprint density at radius 1 is 1.40 bits per heavy atom. The summed E-state index contributed by atoms with van der Waals surface area (Å²) < 4.78 is 14.0. The molecule has 0 spiro atoms. The van der Waals surface area contributed by atoms with Gasteiger partial charge in [0.15, 0.2) is 0 Å². The van der Waals surface area contributed by atoms with E-state index in [1.54, 1.807) is 6.92 Å². The summed E-state index contributed by atoms with van der Waals surface area (Å²) in [4.78, 5) is 25.6. The Morgan fingerprint density at radius 3 is 2.75 bits per heavy atom. The van der Waals surface area contributed by atoms with Crippen molar-refractivity contribution in [3.05, 3.63) is 29.0 Å². The highest BCUT2D eigenvalue weighted by Crippen LogP contribution is 2.28. The molecule has 1 aliphatic heterocycles. The summed E-state index contributed by atoms with van der Waals surface area (Å²) in [5.74, 6) is -1.16. The van der Waals surface area contributed by atoms with E-state index in [4.69, 9.17) is 11.6 Å². The molecular weight excluding hydrogens is 283 g/mol. The van der Waals surface area contributed by atoms with E-state index in [9.17, 15) is 14.0 Å². The number of benzene rings is 1. The average Bonchev–Trinajstić information content (AvgIpc) is 2.40. The van der Waals surface area contributed by atoms with E-state index < -0.39 is 17.9 Å². The van der Waals surface area contributed by atoms with Crippen molar-refractivity contribution in [3.63, 3.8) is 0 Å². The monoisotopic (exact) mass is 298 g/mol. The van der Waals surface area contributed by atoms with Crippen molar-refractivity contribution in [2.24, 2.45) is 0 Å². The molecule has 0 saturated carbocycles. The zero-order chi connectivity index (χ0) is 14.9. The van der Waals surface area contributed by atoms with Crippen LogP contribution in [0.2, 0.25) is 5.02 Å². The molecule has 1 aromatic carbocycles. The molecule has 2 amide bonds. The van der Waals surface area contributed by atoms with Gasteiger partial charge in [-0.3, -0.25) is 14.5 Å². The van der Waals surface area contributed by atoms with Crippen molar-refractivity contribution in [3.8, 4) is 0 Å². The van der Waals surface area contributed by atoms with E-state index in [2.05, 4.69) is 5.32 Å². The molecule has 20 heavy (non-hydrogen) atoms. The Kier molecular flexibility index (Phi) is 4.28. The van der Waals surface area contributed by atoms with Gasteiger partial charge in [-0.15, -0.1) is 0 Å². The number of carbonyl (C=O) groups excluding carboxylic acids is 2. The molecule has 1 heterocycles. The normalized spacial score (nSPS) is 22.9. The van der Waals surface area contributed by atoms with Gasteiger partial charge in [0.25, 0.3) is 0 Å². The van der Waals surface area contributed by atoms with Gasteiger partial charge in [0.2, 0.25) is 11.8 Å². The number of nitrogens with one attached hydrogen (secondary N) is 1. The van der Waals surface area contributed by atoms with Gasteiger partial charge < -0.3 is 5.32 Å². The summed E-state index contributed by atoms with van der Waals surface area (Å²) in [6, 6.07) is 2.60. The summed E-state index contributed by atoms with van der Waals surface area (Å²) in [5.41, 5.74) is 0.0472. The largest absolute Gasteiger partial charge is 0.342 e. The third kappa shape index (κ3) is 2.63. The Balaban J connectivity index is 2.43. The summed E-state index contributed by atoms with van der Waals surface area (Å²) in [6.07, 6.45) is 1.27. The van der Waals surface area contributed by atoms with Gasteiger partial charge in [-0.2, -0.15) is 0 Å². The second kappa shape index (κ2) is 5.79. The Labute approximate surface area is 121 Å². The standard InChI is InChI=1S/C14H16ClFN2O2/c1-3-4-11-14(20)18(8(2)13(19)17-11)12-7-9(15)5-6-10(12)16/h5-8,11H,3-4H2,1-2H3,(H,17,19). The van der Waals surface area contributed by atoms with E-state index in [0.29, 0.717) is 11.4 Å². The van der Waals surface area contributed by atoms with Gasteiger partial charge in [0.05, 0.1) is 5.69 Å². The van der Waals surface area contributed by atoms with Crippen LogP contribution in [0.25, 0.3) is 0 Å². The van der Waals surface area contributed by atoms with Gasteiger partial charge in [-0.05, 0) is 31.5 Å². The number of hydrogen-bond acceptors (Lipinski definition) is 2. The second-order valence-electron chi connectivity index (χ2n) is 4.83. The molecule has 1 aromatic rings. The van der Waals surface area contributed by atoms with Crippen molar-refractivity contribution < 1.29 is 14.0 Å². The highest BCUT2D eigenvalue weighted by atomic mass is 35.5. The lowest BCUT2D eigenvalue weighted by Crippen LogP contribution is -2.62. The molecule has 1 aliphatic rings. The highest BCUT2D eigenvalue weighted by molar-refractivity contribution is 6.31. The summed E-state index contributed by atoms with van der Waals surface area (Å²) in [6.45, 7) is 3.48. The number of piperazine rings is 1. The number of carbonyl (C=O) groups is 2. The molecule has 0 bridgehead atoms. The van der Waals surface area contributed by atoms with Gasteiger partial charge in [0, 0.05) is 5.02 Å². The number of nitrogens with zero attached hydrogens (tertiary/aromatic N) is 1. The molecule has 2 atom stereocenters. The number of halogens is 2. The molecule has 0 aromatic heterocycles. The van der Waals surface area contributed by atoms with E-state index in [1.165, 1.54) is 23.1 Å². The van der Waals surface area contributed by atoms with Crippen LogP contribution in [0.1, 0.15) is 26.7 Å². The van der Waals surface area contributed by atoms with Crippen molar-refractivity contribution in [2.75, 3.05) is 4.90 Å². The predicted molar refractivity (Wildman–Crippen MR) is 75.2 cm³/mol. The third-order valence-electron chi connectivity index (χ3n) is 3.36. The first-order valence-electron chi connectivity index (χ1n) is 6.54. The second-order valence-corrected chi connectivity index (χ2v) is 5.27. The lowest BCUT2D eigenvalue weighted by molar-refractivity contribution is -0.133. The van der Waals surface area contributed by atoms with E-state index in [0.717, 1.165) is 6.42 Å². The number of hydrogen-bond donors (Lipinski definition) is 1. The zero-order valence-corrected chi connectivity index (χ0v) is 12.1. The maximum absolute atomic E-state index is 14.0. The maximum Gasteiger partial charge on any atom is 0.250 e. The minimum absolute atomic E-state index is 0.0472. The van der Waals surface area contributed by atoms with E-state index in [-0.39, 0.29) is 17.5 Å². The maximum atomic E-state index is 14.0. The minimum atomic E-state index is -0.761. The smallest absolute Gasteiger partial charge is 0.250 e. The molecular formula is C14H16ClFN2O2.